The van der Waals surface area contributed by atoms with Crippen molar-refractivity contribution in [2.75, 3.05) is 6.54 Å². The summed E-state index contributed by atoms with van der Waals surface area (Å²) in [5, 5.41) is 0. The largest absolute Gasteiger partial charge is 0.294 e. The minimum Gasteiger partial charge on any atom is -0.294 e. The highest BCUT2D eigenvalue weighted by Crippen LogP contribution is 2.44. The van der Waals surface area contributed by atoms with Gasteiger partial charge in [0.25, 0.3) is 10.0 Å². The van der Waals surface area contributed by atoms with Crippen molar-refractivity contribution in [1.82, 2.24) is 4.31 Å². The Morgan fingerprint density at radius 3 is 2.77 bits per heavy atom. The van der Waals surface area contributed by atoms with Crippen molar-refractivity contribution >= 4 is 38.7 Å². The van der Waals surface area contributed by atoms with Crippen LogP contribution in [-0.4, -0.2) is 25.1 Å². The molecule has 4 rings (SSSR count). The van der Waals surface area contributed by atoms with E-state index in [0.29, 0.717) is 22.9 Å². The molecule has 0 fully saturated rings. The number of thiophene rings is 1. The van der Waals surface area contributed by atoms with Crippen LogP contribution in [0.4, 0.5) is 0 Å². The molecular formula is C15H12ClNO3S2. The molecule has 1 atom stereocenters. The molecule has 0 N–H and O–H groups in total. The first-order valence-electron chi connectivity index (χ1n) is 6.90. The summed E-state index contributed by atoms with van der Waals surface area (Å²) in [6, 6.07) is 8.38. The third kappa shape index (κ3) is 1.98. The van der Waals surface area contributed by atoms with E-state index >= 15 is 0 Å². The van der Waals surface area contributed by atoms with E-state index in [1.807, 2.05) is 12.1 Å². The molecule has 7 heteroatoms. The SMILES string of the molecule is O=C1CC2c3c(cccc31)CCN2S(=O)(=O)c1ccc(Cl)s1. The lowest BCUT2D eigenvalue weighted by atomic mass is 9.95. The molecule has 2 heterocycles. The van der Waals surface area contributed by atoms with Gasteiger partial charge in [0.15, 0.2) is 5.78 Å². The number of Topliss-reactive ketones (excluding diaryl/α,β-unsaturated/α-hetero) is 1. The van der Waals surface area contributed by atoms with Crippen LogP contribution in [0.15, 0.2) is 34.5 Å². The molecule has 1 aromatic heterocycles. The number of rotatable bonds is 2. The van der Waals surface area contributed by atoms with Gasteiger partial charge in [0.2, 0.25) is 0 Å². The molecule has 4 nitrogen and oxygen atoms in total. The minimum absolute atomic E-state index is 0.0214. The zero-order valence-electron chi connectivity index (χ0n) is 11.5. The topological polar surface area (TPSA) is 54.5 Å². The van der Waals surface area contributed by atoms with E-state index in [9.17, 15) is 13.2 Å². The number of nitrogens with zero attached hydrogens (tertiary/aromatic N) is 1. The summed E-state index contributed by atoms with van der Waals surface area (Å²) in [7, 11) is -3.62. The Balaban J connectivity index is 1.82. The van der Waals surface area contributed by atoms with Gasteiger partial charge in [0.1, 0.15) is 4.21 Å². The second-order valence-electron chi connectivity index (χ2n) is 5.45. The highest BCUT2D eigenvalue weighted by atomic mass is 35.5. The van der Waals surface area contributed by atoms with Crippen LogP contribution in [0.3, 0.4) is 0 Å². The molecule has 0 bridgehead atoms. The predicted molar refractivity (Wildman–Crippen MR) is 85.1 cm³/mol. The molecule has 1 aliphatic heterocycles. The number of hydrogen-bond acceptors (Lipinski definition) is 4. The van der Waals surface area contributed by atoms with Gasteiger partial charge in [-0.05, 0) is 29.7 Å². The van der Waals surface area contributed by atoms with E-state index in [2.05, 4.69) is 0 Å². The summed E-state index contributed by atoms with van der Waals surface area (Å²) in [6.07, 6.45) is 0.857. The van der Waals surface area contributed by atoms with E-state index in [4.69, 9.17) is 11.6 Å². The van der Waals surface area contributed by atoms with Crippen molar-refractivity contribution in [2.45, 2.75) is 23.1 Å². The van der Waals surface area contributed by atoms with E-state index in [1.54, 1.807) is 12.1 Å². The Kier molecular flexibility index (Phi) is 3.20. The lowest BCUT2D eigenvalue weighted by molar-refractivity contribution is 0.0976. The quantitative estimate of drug-likeness (QED) is 0.832. The minimum atomic E-state index is -3.62. The van der Waals surface area contributed by atoms with Crippen LogP contribution < -0.4 is 0 Å². The van der Waals surface area contributed by atoms with Gasteiger partial charge in [-0.1, -0.05) is 29.8 Å². The highest BCUT2D eigenvalue weighted by molar-refractivity contribution is 7.91. The first-order chi connectivity index (χ1) is 10.5. The van der Waals surface area contributed by atoms with Crippen molar-refractivity contribution in [3.05, 3.63) is 51.4 Å². The summed E-state index contributed by atoms with van der Waals surface area (Å²) < 4.78 is 27.9. The molecule has 114 valence electrons. The zero-order chi connectivity index (χ0) is 15.5. The van der Waals surface area contributed by atoms with Crippen LogP contribution in [0.5, 0.6) is 0 Å². The molecule has 0 radical (unpaired) electrons. The van der Waals surface area contributed by atoms with E-state index < -0.39 is 10.0 Å². The van der Waals surface area contributed by atoms with Gasteiger partial charge >= 0.3 is 0 Å². The lowest BCUT2D eigenvalue weighted by Gasteiger charge is -2.33. The van der Waals surface area contributed by atoms with Gasteiger partial charge in [0, 0.05) is 18.5 Å². The number of carbonyl (C=O) groups is 1. The van der Waals surface area contributed by atoms with Crippen LogP contribution >= 0.6 is 22.9 Å². The second-order valence-corrected chi connectivity index (χ2v) is 9.28. The fourth-order valence-corrected chi connectivity index (χ4v) is 6.54. The molecule has 2 aliphatic rings. The molecule has 0 amide bonds. The predicted octanol–water partition coefficient (Wildman–Crippen LogP) is 3.28. The summed E-state index contributed by atoms with van der Waals surface area (Å²) in [5.74, 6) is 0.0214. The Morgan fingerprint density at radius 2 is 2.05 bits per heavy atom. The molecular weight excluding hydrogens is 342 g/mol. The normalized spacial score (nSPS) is 21.1. The van der Waals surface area contributed by atoms with E-state index in [0.717, 1.165) is 22.5 Å². The van der Waals surface area contributed by atoms with Crippen molar-refractivity contribution in [3.8, 4) is 0 Å². The summed E-state index contributed by atoms with van der Waals surface area (Å²) in [4.78, 5) is 12.2. The van der Waals surface area contributed by atoms with Crippen LogP contribution in [0.25, 0.3) is 0 Å². The number of halogens is 1. The summed E-state index contributed by atoms with van der Waals surface area (Å²) in [6.45, 7) is 0.395. The number of carbonyl (C=O) groups excluding carboxylic acids is 1. The zero-order valence-corrected chi connectivity index (χ0v) is 13.8. The second kappa shape index (κ2) is 4.89. The third-order valence-electron chi connectivity index (χ3n) is 4.27. The van der Waals surface area contributed by atoms with E-state index in [-0.39, 0.29) is 22.5 Å². The van der Waals surface area contributed by atoms with Crippen LogP contribution in [0, 0.1) is 0 Å². The fraction of sp³-hybridized carbons (Fsp3) is 0.267. The molecule has 0 spiro atoms. The van der Waals surface area contributed by atoms with Gasteiger partial charge in [-0.3, -0.25) is 4.79 Å². The maximum Gasteiger partial charge on any atom is 0.253 e. The van der Waals surface area contributed by atoms with Crippen molar-refractivity contribution < 1.29 is 13.2 Å². The molecule has 0 saturated carbocycles. The van der Waals surface area contributed by atoms with Crippen LogP contribution in [0.2, 0.25) is 4.34 Å². The van der Waals surface area contributed by atoms with Crippen LogP contribution in [-0.2, 0) is 16.4 Å². The number of hydrogen-bond donors (Lipinski definition) is 0. The highest BCUT2D eigenvalue weighted by Gasteiger charge is 2.43. The van der Waals surface area contributed by atoms with Gasteiger partial charge in [-0.15, -0.1) is 11.3 Å². The average molecular weight is 354 g/mol. The standard InChI is InChI=1S/C15H12ClNO3S2/c16-13-4-5-14(21-13)22(19,20)17-7-6-9-2-1-3-10-12(18)8-11(17)15(9)10/h1-5,11H,6-8H2. The van der Waals surface area contributed by atoms with Gasteiger partial charge < -0.3 is 0 Å². The molecule has 1 aliphatic carbocycles. The maximum atomic E-state index is 12.9. The molecule has 1 unspecified atom stereocenters. The fourth-order valence-electron chi connectivity index (χ4n) is 3.33. The monoisotopic (exact) mass is 353 g/mol. The molecule has 22 heavy (non-hydrogen) atoms. The number of ketones is 1. The van der Waals surface area contributed by atoms with Gasteiger partial charge in [-0.2, -0.15) is 4.31 Å². The first kappa shape index (κ1) is 14.4. The Hall–Kier alpha value is -1.21. The average Bonchev–Trinajstić information content (AvgIpc) is 3.06. The Morgan fingerprint density at radius 1 is 1.23 bits per heavy atom. The lowest BCUT2D eigenvalue weighted by Crippen LogP contribution is -2.38. The van der Waals surface area contributed by atoms with Crippen molar-refractivity contribution in [2.24, 2.45) is 0 Å². The summed E-state index contributed by atoms with van der Waals surface area (Å²) >= 11 is 6.92. The molecule has 0 saturated heterocycles. The number of sulfonamides is 1. The Labute approximate surface area is 137 Å². The maximum absolute atomic E-state index is 12.9. The van der Waals surface area contributed by atoms with Crippen LogP contribution in [0.1, 0.15) is 33.9 Å². The van der Waals surface area contributed by atoms with Gasteiger partial charge in [0.05, 0.1) is 10.4 Å². The smallest absolute Gasteiger partial charge is 0.253 e. The van der Waals surface area contributed by atoms with Gasteiger partial charge in [-0.25, -0.2) is 8.42 Å². The van der Waals surface area contributed by atoms with Crippen molar-refractivity contribution in [1.29, 1.82) is 0 Å². The third-order valence-corrected chi connectivity index (χ3v) is 7.88. The van der Waals surface area contributed by atoms with Crippen molar-refractivity contribution in [3.63, 3.8) is 0 Å². The molecule has 1 aromatic carbocycles. The first-order valence-corrected chi connectivity index (χ1v) is 9.54. The van der Waals surface area contributed by atoms with E-state index in [1.165, 1.54) is 10.4 Å². The summed E-state index contributed by atoms with van der Waals surface area (Å²) in [5.41, 5.74) is 2.65. The molecule has 2 aromatic rings. The number of benzene rings is 1. The Bertz CT molecular complexity index is 888.